The SMILES string of the molecule is O=C(O)c1cn(-c2ccc(F)cc2)c2cc(N3CCN(CC(=NOCc4ccccc4)c4ccccc4)CC3)c(F)cc2c1=O. The third-order valence-corrected chi connectivity index (χ3v) is 7.85. The van der Waals surface area contributed by atoms with Crippen molar-refractivity contribution in [2.75, 3.05) is 37.6 Å². The lowest BCUT2D eigenvalue weighted by Crippen LogP contribution is -2.48. The minimum atomic E-state index is -1.43. The number of benzene rings is 4. The van der Waals surface area contributed by atoms with Gasteiger partial charge in [0, 0.05) is 55.6 Å². The number of carbonyl (C=O) groups is 1. The first kappa shape index (κ1) is 29.7. The van der Waals surface area contributed by atoms with Crippen LogP contribution in [0, 0.1) is 11.6 Å². The van der Waals surface area contributed by atoms with E-state index in [-0.39, 0.29) is 5.39 Å². The van der Waals surface area contributed by atoms with Gasteiger partial charge in [0.15, 0.2) is 0 Å². The van der Waals surface area contributed by atoms with Gasteiger partial charge in [-0.25, -0.2) is 13.6 Å². The first-order valence-corrected chi connectivity index (χ1v) is 14.5. The van der Waals surface area contributed by atoms with Crippen LogP contribution in [0.3, 0.4) is 0 Å². The molecule has 0 radical (unpaired) electrons. The number of nitrogens with zero attached hydrogens (tertiary/aromatic N) is 4. The van der Waals surface area contributed by atoms with E-state index in [1.807, 2.05) is 65.6 Å². The topological polar surface area (TPSA) is 87.4 Å². The highest BCUT2D eigenvalue weighted by molar-refractivity contribution is 6.01. The molecule has 1 saturated heterocycles. The number of halogens is 2. The molecule has 228 valence electrons. The molecule has 1 aliphatic rings. The lowest BCUT2D eigenvalue weighted by Gasteiger charge is -2.36. The van der Waals surface area contributed by atoms with Crippen LogP contribution in [0.25, 0.3) is 16.6 Å². The highest BCUT2D eigenvalue weighted by Crippen LogP contribution is 2.28. The van der Waals surface area contributed by atoms with Crippen LogP contribution in [-0.4, -0.2) is 59.0 Å². The Bertz CT molecular complexity index is 1900. The van der Waals surface area contributed by atoms with Crippen LogP contribution in [0.1, 0.15) is 21.5 Å². The van der Waals surface area contributed by atoms with E-state index in [0.717, 1.165) is 22.9 Å². The minimum absolute atomic E-state index is 0.0710. The zero-order chi connectivity index (χ0) is 31.3. The fourth-order valence-electron chi connectivity index (χ4n) is 5.47. The maximum Gasteiger partial charge on any atom is 0.341 e. The summed E-state index contributed by atoms with van der Waals surface area (Å²) in [5.41, 5.74) is 2.53. The number of aromatic nitrogens is 1. The average Bonchev–Trinajstić information content (AvgIpc) is 3.06. The van der Waals surface area contributed by atoms with E-state index >= 15 is 4.39 Å². The second-order valence-corrected chi connectivity index (χ2v) is 10.8. The Balaban J connectivity index is 1.24. The van der Waals surface area contributed by atoms with Crippen molar-refractivity contribution in [1.82, 2.24) is 9.47 Å². The van der Waals surface area contributed by atoms with Crippen LogP contribution in [-0.2, 0) is 11.4 Å². The molecule has 0 atom stereocenters. The Labute approximate surface area is 258 Å². The monoisotopic (exact) mass is 608 g/mol. The second kappa shape index (κ2) is 13.1. The Morgan fingerprint density at radius 2 is 1.53 bits per heavy atom. The molecule has 0 saturated carbocycles. The number of anilines is 1. The van der Waals surface area contributed by atoms with Gasteiger partial charge in [0.05, 0.1) is 11.2 Å². The van der Waals surface area contributed by atoms with Crippen molar-refractivity contribution in [2.45, 2.75) is 6.61 Å². The van der Waals surface area contributed by atoms with Gasteiger partial charge in [0.25, 0.3) is 0 Å². The van der Waals surface area contributed by atoms with Crippen molar-refractivity contribution >= 4 is 28.3 Å². The summed E-state index contributed by atoms with van der Waals surface area (Å²) >= 11 is 0. The van der Waals surface area contributed by atoms with E-state index in [4.69, 9.17) is 4.84 Å². The molecule has 10 heteroatoms. The molecule has 6 rings (SSSR count). The van der Waals surface area contributed by atoms with Gasteiger partial charge in [-0.1, -0.05) is 65.8 Å². The molecule has 1 N–H and O–H groups in total. The molecular formula is C35H30F2N4O4. The Morgan fingerprint density at radius 1 is 0.867 bits per heavy atom. The van der Waals surface area contributed by atoms with Crippen molar-refractivity contribution in [3.05, 3.63) is 142 Å². The summed E-state index contributed by atoms with van der Waals surface area (Å²) in [6.07, 6.45) is 1.20. The third kappa shape index (κ3) is 6.61. The number of carboxylic acid groups (broad SMARTS) is 1. The van der Waals surface area contributed by atoms with Crippen molar-refractivity contribution < 1.29 is 23.5 Å². The molecule has 1 aromatic heterocycles. The smallest absolute Gasteiger partial charge is 0.341 e. The highest BCUT2D eigenvalue weighted by Gasteiger charge is 2.24. The number of aromatic carboxylic acids is 1. The van der Waals surface area contributed by atoms with Crippen LogP contribution in [0.2, 0.25) is 0 Å². The van der Waals surface area contributed by atoms with E-state index < -0.39 is 28.6 Å². The predicted octanol–water partition coefficient (Wildman–Crippen LogP) is 5.71. The summed E-state index contributed by atoms with van der Waals surface area (Å²) < 4.78 is 30.7. The van der Waals surface area contributed by atoms with Gasteiger partial charge in [-0.05, 0) is 42.0 Å². The summed E-state index contributed by atoms with van der Waals surface area (Å²) in [6, 6.07) is 27.7. The van der Waals surface area contributed by atoms with Gasteiger partial charge in [-0.15, -0.1) is 0 Å². The van der Waals surface area contributed by atoms with Gasteiger partial charge < -0.3 is 19.4 Å². The van der Waals surface area contributed by atoms with Gasteiger partial charge in [-0.3, -0.25) is 9.69 Å². The maximum absolute atomic E-state index is 15.6. The second-order valence-electron chi connectivity index (χ2n) is 10.8. The largest absolute Gasteiger partial charge is 0.477 e. The summed E-state index contributed by atoms with van der Waals surface area (Å²) in [5.74, 6) is -2.51. The fourth-order valence-corrected chi connectivity index (χ4v) is 5.47. The zero-order valence-corrected chi connectivity index (χ0v) is 24.3. The Hall–Kier alpha value is -5.35. The summed E-state index contributed by atoms with van der Waals surface area (Å²) in [7, 11) is 0. The molecule has 1 fully saturated rings. The van der Waals surface area contributed by atoms with E-state index in [0.29, 0.717) is 56.2 Å². The van der Waals surface area contributed by atoms with E-state index in [1.54, 1.807) is 6.07 Å². The lowest BCUT2D eigenvalue weighted by molar-refractivity contribution is 0.0695. The third-order valence-electron chi connectivity index (χ3n) is 7.85. The highest BCUT2D eigenvalue weighted by atomic mass is 19.1. The maximum atomic E-state index is 15.6. The first-order chi connectivity index (χ1) is 21.9. The average molecular weight is 609 g/mol. The number of fused-ring (bicyclic) bond motifs is 1. The van der Waals surface area contributed by atoms with Crippen molar-refractivity contribution in [2.24, 2.45) is 5.16 Å². The number of hydrogen-bond donors (Lipinski definition) is 1. The van der Waals surface area contributed by atoms with Crippen LogP contribution in [0.4, 0.5) is 14.5 Å². The molecular weight excluding hydrogens is 578 g/mol. The lowest BCUT2D eigenvalue weighted by atomic mass is 10.1. The van der Waals surface area contributed by atoms with Crippen molar-refractivity contribution in [3.8, 4) is 5.69 Å². The van der Waals surface area contributed by atoms with Crippen LogP contribution in [0.5, 0.6) is 0 Å². The van der Waals surface area contributed by atoms with Gasteiger partial charge in [0.1, 0.15) is 29.5 Å². The van der Waals surface area contributed by atoms with E-state index in [9.17, 15) is 19.1 Å². The quantitative estimate of drug-likeness (QED) is 0.170. The Morgan fingerprint density at radius 3 is 2.20 bits per heavy atom. The van der Waals surface area contributed by atoms with Crippen molar-refractivity contribution in [1.29, 1.82) is 0 Å². The molecule has 0 amide bonds. The molecule has 45 heavy (non-hydrogen) atoms. The molecule has 0 unspecified atom stereocenters. The molecule has 4 aromatic carbocycles. The number of piperazine rings is 1. The van der Waals surface area contributed by atoms with Gasteiger partial charge in [0.2, 0.25) is 5.43 Å². The molecule has 1 aliphatic heterocycles. The molecule has 2 heterocycles. The van der Waals surface area contributed by atoms with Crippen LogP contribution in [0.15, 0.2) is 113 Å². The summed E-state index contributed by atoms with van der Waals surface area (Å²) in [6.45, 7) is 3.13. The molecule has 0 aliphatic carbocycles. The number of rotatable bonds is 9. The first-order valence-electron chi connectivity index (χ1n) is 14.5. The Kier molecular flexibility index (Phi) is 8.65. The fraction of sp³-hybridized carbons (Fsp3) is 0.171. The number of oxime groups is 1. The molecule has 0 spiro atoms. The molecule has 0 bridgehead atoms. The summed E-state index contributed by atoms with van der Waals surface area (Å²) in [5, 5.41) is 14.0. The standard InChI is InChI=1S/C35H30F2N4O4/c36-26-11-13-27(14-12-26)41-21-29(35(43)44)34(42)28-19-30(37)33(20-32(28)41)40-17-15-39(16-18-40)22-31(25-9-5-2-6-10-25)38-45-23-24-7-3-1-4-8-24/h1-14,19-21H,15-18,22-23H2,(H,43,44). The van der Waals surface area contributed by atoms with Crippen molar-refractivity contribution in [3.63, 3.8) is 0 Å². The molecule has 5 aromatic rings. The van der Waals surface area contributed by atoms with Gasteiger partial charge >= 0.3 is 5.97 Å². The van der Waals surface area contributed by atoms with E-state index in [2.05, 4.69) is 10.1 Å². The van der Waals surface area contributed by atoms with E-state index in [1.165, 1.54) is 35.0 Å². The summed E-state index contributed by atoms with van der Waals surface area (Å²) in [4.78, 5) is 34.7. The molecule has 8 nitrogen and oxygen atoms in total. The predicted molar refractivity (Wildman–Crippen MR) is 169 cm³/mol. The number of hydrogen-bond acceptors (Lipinski definition) is 6. The minimum Gasteiger partial charge on any atom is -0.477 e. The van der Waals surface area contributed by atoms with Crippen LogP contribution < -0.4 is 10.3 Å². The number of pyridine rings is 1. The van der Waals surface area contributed by atoms with Crippen LogP contribution >= 0.6 is 0 Å². The van der Waals surface area contributed by atoms with Gasteiger partial charge in [-0.2, -0.15) is 0 Å². The number of carboxylic acids is 1. The zero-order valence-electron chi connectivity index (χ0n) is 24.3. The normalized spacial score (nSPS) is 14.1.